The molecule has 0 atom stereocenters. The predicted octanol–water partition coefficient (Wildman–Crippen LogP) is 0.255. The molecule has 0 aromatic rings. The van der Waals surface area contributed by atoms with Crippen LogP contribution in [0.25, 0.3) is 0 Å². The van der Waals surface area contributed by atoms with E-state index in [9.17, 15) is 0 Å². The average Bonchev–Trinajstić information content (AvgIpc) is 2.25. The Balaban J connectivity index is 1.74. The van der Waals surface area contributed by atoms with Gasteiger partial charge in [-0.1, -0.05) is 0 Å². The monoisotopic (exact) mass is 224 g/mol. The van der Waals surface area contributed by atoms with Crippen molar-refractivity contribution in [3.8, 4) is 0 Å². The van der Waals surface area contributed by atoms with Gasteiger partial charge in [-0.05, 0) is 19.8 Å². The zero-order valence-corrected chi connectivity index (χ0v) is 9.80. The van der Waals surface area contributed by atoms with Crippen LogP contribution >= 0.6 is 0 Å². The number of hydrazone groups is 1. The summed E-state index contributed by atoms with van der Waals surface area (Å²) in [5.74, 6) is 5.15. The molecule has 5 heteroatoms. The molecule has 0 spiro atoms. The minimum Gasteiger partial charge on any atom is -0.378 e. The Kier molecular flexibility index (Phi) is 3.90. The number of aliphatic imine (C=N–C) groups is 1. The minimum atomic E-state index is 0.439. The lowest BCUT2D eigenvalue weighted by molar-refractivity contribution is -0.0709. The molecule has 0 aromatic carbocycles. The quantitative estimate of drug-likeness (QED) is 0.425. The molecular formula is C11H20N4O. The van der Waals surface area contributed by atoms with Gasteiger partial charge in [-0.25, -0.2) is 0 Å². The molecule has 0 bridgehead atoms. The molecule has 2 aliphatic rings. The first-order chi connectivity index (χ1) is 7.79. The molecular weight excluding hydrogens is 204 g/mol. The molecule has 2 aliphatic heterocycles. The van der Waals surface area contributed by atoms with Crippen molar-refractivity contribution in [3.63, 3.8) is 0 Å². The Morgan fingerprint density at radius 1 is 1.38 bits per heavy atom. The molecule has 0 unspecified atom stereocenters. The molecule has 2 saturated heterocycles. The first-order valence-electron chi connectivity index (χ1n) is 5.89. The highest BCUT2D eigenvalue weighted by atomic mass is 16.5. The van der Waals surface area contributed by atoms with Crippen molar-refractivity contribution in [2.45, 2.75) is 31.8 Å². The number of hydrogen-bond acceptors (Lipinski definition) is 5. The van der Waals surface area contributed by atoms with Gasteiger partial charge in [0.25, 0.3) is 0 Å². The Labute approximate surface area is 96.4 Å². The van der Waals surface area contributed by atoms with Crippen LogP contribution in [0, 0.1) is 0 Å². The van der Waals surface area contributed by atoms with Crippen LogP contribution in [0.2, 0.25) is 0 Å². The highest BCUT2D eigenvalue weighted by molar-refractivity contribution is 6.29. The second kappa shape index (κ2) is 5.41. The Hall–Kier alpha value is -0.940. The van der Waals surface area contributed by atoms with Gasteiger partial charge in [-0.2, -0.15) is 5.10 Å². The van der Waals surface area contributed by atoms with E-state index in [0.29, 0.717) is 12.1 Å². The Morgan fingerprint density at radius 2 is 2.06 bits per heavy atom. The molecule has 0 aromatic heterocycles. The predicted molar refractivity (Wildman–Crippen MR) is 65.0 cm³/mol. The second-order valence-electron chi connectivity index (χ2n) is 4.51. The third-order valence-corrected chi connectivity index (χ3v) is 3.31. The lowest BCUT2D eigenvalue weighted by atomic mass is 10.0. The van der Waals surface area contributed by atoms with Gasteiger partial charge in [0, 0.05) is 19.3 Å². The Morgan fingerprint density at radius 3 is 2.56 bits per heavy atom. The molecule has 0 radical (unpaired) electrons. The fourth-order valence-corrected chi connectivity index (χ4v) is 2.08. The zero-order valence-electron chi connectivity index (χ0n) is 9.80. The first kappa shape index (κ1) is 11.5. The third-order valence-electron chi connectivity index (χ3n) is 3.31. The summed E-state index contributed by atoms with van der Waals surface area (Å²) in [7, 11) is 0. The number of nitrogens with zero attached hydrogens (tertiary/aromatic N) is 3. The molecule has 2 rings (SSSR count). The maximum absolute atomic E-state index is 5.21. The molecule has 0 amide bonds. The van der Waals surface area contributed by atoms with Crippen molar-refractivity contribution in [2.24, 2.45) is 15.9 Å². The molecule has 16 heavy (non-hydrogen) atoms. The highest BCUT2D eigenvalue weighted by Crippen LogP contribution is 2.19. The lowest BCUT2D eigenvalue weighted by Crippen LogP contribution is -2.52. The molecule has 0 aliphatic carbocycles. The zero-order chi connectivity index (χ0) is 11.4. The van der Waals surface area contributed by atoms with Gasteiger partial charge in [0.15, 0.2) is 0 Å². The molecule has 5 nitrogen and oxygen atoms in total. The summed E-state index contributed by atoms with van der Waals surface area (Å²) < 4.78 is 5.21. The summed E-state index contributed by atoms with van der Waals surface area (Å²) in [6, 6.07) is 1.10. The normalized spacial score (nSPS) is 26.2. The van der Waals surface area contributed by atoms with E-state index in [-0.39, 0.29) is 0 Å². The van der Waals surface area contributed by atoms with Crippen molar-refractivity contribution in [3.05, 3.63) is 0 Å². The van der Waals surface area contributed by atoms with Crippen molar-refractivity contribution in [1.82, 2.24) is 4.90 Å². The summed E-state index contributed by atoms with van der Waals surface area (Å²) in [5, 5.41) is 3.58. The van der Waals surface area contributed by atoms with Gasteiger partial charge in [-0.15, -0.1) is 0 Å². The molecule has 2 heterocycles. The van der Waals surface area contributed by atoms with Crippen LogP contribution in [-0.2, 0) is 4.74 Å². The molecule has 0 saturated carbocycles. The van der Waals surface area contributed by atoms with Crippen LogP contribution in [0.1, 0.15) is 19.8 Å². The van der Waals surface area contributed by atoms with E-state index in [1.807, 2.05) is 6.92 Å². The van der Waals surface area contributed by atoms with E-state index in [1.165, 1.54) is 0 Å². The summed E-state index contributed by atoms with van der Waals surface area (Å²) in [5.41, 5.74) is 0.787. The first-order valence-corrected chi connectivity index (χ1v) is 5.89. The van der Waals surface area contributed by atoms with Gasteiger partial charge in [-0.3, -0.25) is 9.89 Å². The van der Waals surface area contributed by atoms with Crippen molar-refractivity contribution in [1.29, 1.82) is 0 Å². The average molecular weight is 224 g/mol. The van der Waals surface area contributed by atoms with E-state index < -0.39 is 0 Å². The smallest absolute Gasteiger partial charge is 0.0747 e. The van der Waals surface area contributed by atoms with E-state index in [2.05, 4.69) is 15.0 Å². The summed E-state index contributed by atoms with van der Waals surface area (Å²) in [4.78, 5) is 7.01. The minimum absolute atomic E-state index is 0.439. The largest absolute Gasteiger partial charge is 0.378 e. The number of nitrogens with two attached hydrogens (primary N) is 1. The number of ether oxygens (including phenoxy) is 1. The highest BCUT2D eigenvalue weighted by Gasteiger charge is 2.29. The van der Waals surface area contributed by atoms with Gasteiger partial charge >= 0.3 is 0 Å². The van der Waals surface area contributed by atoms with Crippen LogP contribution in [0.4, 0.5) is 0 Å². The van der Waals surface area contributed by atoms with E-state index in [4.69, 9.17) is 10.6 Å². The lowest BCUT2D eigenvalue weighted by Gasteiger charge is -2.40. The molecule has 2 fully saturated rings. The van der Waals surface area contributed by atoms with Crippen LogP contribution in [0.15, 0.2) is 10.1 Å². The van der Waals surface area contributed by atoms with Gasteiger partial charge in [0.2, 0.25) is 0 Å². The SMILES string of the molecule is CC(C=NC1CCN(C2COC2)CC1)=NN. The number of rotatable bonds is 3. The fourth-order valence-electron chi connectivity index (χ4n) is 2.08. The van der Waals surface area contributed by atoms with Gasteiger partial charge < -0.3 is 10.6 Å². The van der Waals surface area contributed by atoms with Crippen LogP contribution < -0.4 is 5.84 Å². The summed E-state index contributed by atoms with van der Waals surface area (Å²) in [6.07, 6.45) is 4.04. The number of hydrogen-bond donors (Lipinski definition) is 1. The van der Waals surface area contributed by atoms with Crippen molar-refractivity contribution >= 4 is 11.9 Å². The van der Waals surface area contributed by atoms with E-state index >= 15 is 0 Å². The van der Waals surface area contributed by atoms with Gasteiger partial charge in [0.05, 0.1) is 31.0 Å². The summed E-state index contributed by atoms with van der Waals surface area (Å²) >= 11 is 0. The standard InChI is InChI=1S/C11H20N4O/c1-9(14-12)6-13-10-2-4-15(5-3-10)11-7-16-8-11/h6,10-11H,2-5,7-8,12H2,1H3. The second-order valence-corrected chi connectivity index (χ2v) is 4.51. The maximum Gasteiger partial charge on any atom is 0.0747 e. The van der Waals surface area contributed by atoms with E-state index in [1.54, 1.807) is 6.21 Å². The summed E-state index contributed by atoms with van der Waals surface area (Å²) in [6.45, 7) is 5.95. The topological polar surface area (TPSA) is 63.2 Å². The maximum atomic E-state index is 5.21. The number of piperidine rings is 1. The van der Waals surface area contributed by atoms with Gasteiger partial charge in [0.1, 0.15) is 0 Å². The molecule has 90 valence electrons. The van der Waals surface area contributed by atoms with Crippen LogP contribution in [0.5, 0.6) is 0 Å². The molecule has 2 N–H and O–H groups in total. The number of likely N-dealkylation sites (tertiary alicyclic amines) is 1. The van der Waals surface area contributed by atoms with Crippen LogP contribution in [0.3, 0.4) is 0 Å². The van der Waals surface area contributed by atoms with Crippen molar-refractivity contribution < 1.29 is 4.74 Å². The van der Waals surface area contributed by atoms with E-state index in [0.717, 1.165) is 44.9 Å². The van der Waals surface area contributed by atoms with Crippen LogP contribution in [-0.4, -0.2) is 55.2 Å². The third kappa shape index (κ3) is 2.80. The van der Waals surface area contributed by atoms with Crippen molar-refractivity contribution in [2.75, 3.05) is 26.3 Å². The Bertz CT molecular complexity index is 278. The fraction of sp³-hybridized carbons (Fsp3) is 0.818.